The Kier molecular flexibility index (Phi) is 5.03. The molecule has 1 saturated heterocycles. The molecule has 1 aromatic carbocycles. The van der Waals surface area contributed by atoms with Crippen LogP contribution in [0.15, 0.2) is 29.2 Å². The first-order chi connectivity index (χ1) is 9.65. The molecule has 1 unspecified atom stereocenters. The number of nitrogens with one attached hydrogen (secondary N) is 1. The van der Waals surface area contributed by atoms with Gasteiger partial charge in [-0.15, -0.1) is 11.8 Å². The molecule has 1 N–H and O–H groups in total. The van der Waals surface area contributed by atoms with E-state index in [9.17, 15) is 9.59 Å². The summed E-state index contributed by atoms with van der Waals surface area (Å²) in [6.07, 6.45) is 2.07. The Bertz CT molecular complexity index is 490. The number of ether oxygens (including phenoxy) is 1. The number of thioether (sulfide) groups is 1. The molecule has 108 valence electrons. The highest BCUT2D eigenvalue weighted by Crippen LogP contribution is 2.24. The van der Waals surface area contributed by atoms with Crippen LogP contribution in [0.25, 0.3) is 0 Å². The summed E-state index contributed by atoms with van der Waals surface area (Å²) in [5.74, 6) is -0.297. The first-order valence-electron chi connectivity index (χ1n) is 6.39. The van der Waals surface area contributed by atoms with Gasteiger partial charge in [-0.2, -0.15) is 0 Å². The minimum Gasteiger partial charge on any atom is -0.469 e. The number of methoxy groups -OCH3 is 1. The molecule has 0 saturated carbocycles. The lowest BCUT2D eigenvalue weighted by atomic mass is 10.1. The number of esters is 1. The normalized spacial score (nSPS) is 18.4. The fourth-order valence-corrected chi connectivity index (χ4v) is 2.60. The molecule has 1 aromatic rings. The van der Waals surface area contributed by atoms with E-state index >= 15 is 0 Å². The van der Waals surface area contributed by atoms with E-state index < -0.39 is 0 Å². The van der Waals surface area contributed by atoms with Gasteiger partial charge >= 0.3 is 5.97 Å². The predicted octanol–water partition coefficient (Wildman–Crippen LogP) is 1.40. The molecule has 0 aliphatic carbocycles. The molecule has 1 amide bonds. The maximum absolute atomic E-state index is 11.9. The maximum Gasteiger partial charge on any atom is 0.307 e. The molecule has 1 aliphatic heterocycles. The lowest BCUT2D eigenvalue weighted by Gasteiger charge is -2.24. The summed E-state index contributed by atoms with van der Waals surface area (Å²) >= 11 is 1.68. The van der Waals surface area contributed by atoms with Crippen molar-refractivity contribution in [3.05, 3.63) is 29.8 Å². The standard InChI is InChI=1S/C14H18N2O3S/c1-19-13(18)7-8-16-12(17)9-15-14(16)10-3-5-11(20-2)6-4-10/h3-6,14-15H,7-9H2,1-2H3. The molecule has 0 aromatic heterocycles. The Balaban J connectivity index is 2.08. The van der Waals surface area contributed by atoms with E-state index in [0.717, 1.165) is 5.56 Å². The second-order valence-electron chi connectivity index (χ2n) is 4.47. The van der Waals surface area contributed by atoms with E-state index in [1.54, 1.807) is 16.7 Å². The zero-order chi connectivity index (χ0) is 14.5. The van der Waals surface area contributed by atoms with Crippen molar-refractivity contribution in [2.45, 2.75) is 17.5 Å². The summed E-state index contributed by atoms with van der Waals surface area (Å²) in [5.41, 5.74) is 1.03. The largest absolute Gasteiger partial charge is 0.469 e. The average Bonchev–Trinajstić information content (AvgIpc) is 2.86. The van der Waals surface area contributed by atoms with E-state index in [1.165, 1.54) is 12.0 Å². The zero-order valence-corrected chi connectivity index (χ0v) is 12.4. The van der Waals surface area contributed by atoms with Crippen LogP contribution in [0.5, 0.6) is 0 Å². The molecule has 0 bridgehead atoms. The number of amides is 1. The fraction of sp³-hybridized carbons (Fsp3) is 0.429. The van der Waals surface area contributed by atoms with Gasteiger partial charge in [0.1, 0.15) is 6.17 Å². The van der Waals surface area contributed by atoms with Gasteiger partial charge in [-0.1, -0.05) is 12.1 Å². The van der Waals surface area contributed by atoms with Gasteiger partial charge in [0.25, 0.3) is 0 Å². The molecule has 2 rings (SSSR count). The molecular weight excluding hydrogens is 276 g/mol. The highest BCUT2D eigenvalue weighted by molar-refractivity contribution is 7.98. The lowest BCUT2D eigenvalue weighted by molar-refractivity contribution is -0.141. The smallest absolute Gasteiger partial charge is 0.307 e. The van der Waals surface area contributed by atoms with Crippen molar-refractivity contribution in [1.29, 1.82) is 0 Å². The van der Waals surface area contributed by atoms with Crippen molar-refractivity contribution in [3.63, 3.8) is 0 Å². The van der Waals surface area contributed by atoms with Crippen molar-refractivity contribution in [2.24, 2.45) is 0 Å². The van der Waals surface area contributed by atoms with E-state index in [-0.39, 0.29) is 24.5 Å². The summed E-state index contributed by atoms with van der Waals surface area (Å²) in [4.78, 5) is 26.0. The van der Waals surface area contributed by atoms with Gasteiger partial charge in [-0.25, -0.2) is 0 Å². The quantitative estimate of drug-likeness (QED) is 0.657. The first kappa shape index (κ1) is 14.9. The number of hydrogen-bond donors (Lipinski definition) is 1. The highest BCUT2D eigenvalue weighted by Gasteiger charge is 2.31. The summed E-state index contributed by atoms with van der Waals surface area (Å²) in [7, 11) is 1.35. The van der Waals surface area contributed by atoms with Crippen LogP contribution in [0.3, 0.4) is 0 Å². The van der Waals surface area contributed by atoms with Crippen molar-refractivity contribution < 1.29 is 14.3 Å². The van der Waals surface area contributed by atoms with Crippen LogP contribution in [0.2, 0.25) is 0 Å². The van der Waals surface area contributed by atoms with Crippen molar-refractivity contribution in [3.8, 4) is 0 Å². The summed E-state index contributed by atoms with van der Waals surface area (Å²) in [6, 6.07) is 8.08. The van der Waals surface area contributed by atoms with Crippen LogP contribution in [-0.4, -0.2) is 43.2 Å². The number of rotatable bonds is 5. The Morgan fingerprint density at radius 2 is 2.15 bits per heavy atom. The van der Waals surface area contributed by atoms with Crippen LogP contribution in [-0.2, 0) is 14.3 Å². The minimum atomic E-state index is -0.304. The molecule has 20 heavy (non-hydrogen) atoms. The Hall–Kier alpha value is -1.53. The SMILES string of the molecule is COC(=O)CCN1C(=O)CNC1c1ccc(SC)cc1. The lowest BCUT2D eigenvalue weighted by Crippen LogP contribution is -2.32. The third-order valence-electron chi connectivity index (χ3n) is 3.29. The van der Waals surface area contributed by atoms with E-state index in [4.69, 9.17) is 0 Å². The molecular formula is C14H18N2O3S. The average molecular weight is 294 g/mol. The number of hydrogen-bond acceptors (Lipinski definition) is 5. The fourth-order valence-electron chi connectivity index (χ4n) is 2.19. The summed E-state index contributed by atoms with van der Waals surface area (Å²) in [5, 5.41) is 3.17. The van der Waals surface area contributed by atoms with Gasteiger partial charge in [0, 0.05) is 11.4 Å². The van der Waals surface area contributed by atoms with Crippen molar-refractivity contribution >= 4 is 23.6 Å². The topological polar surface area (TPSA) is 58.6 Å². The van der Waals surface area contributed by atoms with E-state index in [1.807, 2.05) is 30.5 Å². The van der Waals surface area contributed by atoms with Crippen molar-refractivity contribution in [2.75, 3.05) is 26.5 Å². The van der Waals surface area contributed by atoms with Crippen LogP contribution < -0.4 is 5.32 Å². The number of carbonyl (C=O) groups excluding carboxylic acids is 2. The minimum absolute atomic E-state index is 0.00726. The molecule has 1 heterocycles. The number of nitrogens with zero attached hydrogens (tertiary/aromatic N) is 1. The monoisotopic (exact) mass is 294 g/mol. The van der Waals surface area contributed by atoms with Gasteiger partial charge < -0.3 is 9.64 Å². The molecule has 6 heteroatoms. The maximum atomic E-state index is 11.9. The second kappa shape index (κ2) is 6.76. The van der Waals surface area contributed by atoms with Gasteiger partial charge in [0.2, 0.25) is 5.91 Å². The molecule has 0 radical (unpaired) electrons. The zero-order valence-electron chi connectivity index (χ0n) is 11.6. The van der Waals surface area contributed by atoms with Gasteiger partial charge in [-0.05, 0) is 24.0 Å². The number of benzene rings is 1. The second-order valence-corrected chi connectivity index (χ2v) is 5.35. The third-order valence-corrected chi connectivity index (χ3v) is 4.04. The van der Waals surface area contributed by atoms with Gasteiger partial charge in [0.05, 0.1) is 20.1 Å². The first-order valence-corrected chi connectivity index (χ1v) is 7.62. The van der Waals surface area contributed by atoms with Crippen LogP contribution in [0, 0.1) is 0 Å². The molecule has 1 aliphatic rings. The molecule has 1 fully saturated rings. The van der Waals surface area contributed by atoms with Crippen LogP contribution >= 0.6 is 11.8 Å². The van der Waals surface area contributed by atoms with Gasteiger partial charge in [0.15, 0.2) is 0 Å². The third kappa shape index (κ3) is 3.32. The Labute approximate surface area is 122 Å². The summed E-state index contributed by atoms with van der Waals surface area (Å²) in [6.45, 7) is 0.670. The van der Waals surface area contributed by atoms with Crippen LogP contribution in [0.4, 0.5) is 0 Å². The molecule has 5 nitrogen and oxygen atoms in total. The molecule has 1 atom stereocenters. The Morgan fingerprint density at radius 1 is 1.45 bits per heavy atom. The highest BCUT2D eigenvalue weighted by atomic mass is 32.2. The van der Waals surface area contributed by atoms with Gasteiger partial charge in [-0.3, -0.25) is 14.9 Å². The number of carbonyl (C=O) groups is 2. The predicted molar refractivity (Wildman–Crippen MR) is 77.3 cm³/mol. The van der Waals surface area contributed by atoms with Crippen molar-refractivity contribution in [1.82, 2.24) is 10.2 Å². The van der Waals surface area contributed by atoms with Crippen LogP contribution in [0.1, 0.15) is 18.2 Å². The summed E-state index contributed by atoms with van der Waals surface area (Å²) < 4.78 is 4.62. The Morgan fingerprint density at radius 3 is 2.75 bits per heavy atom. The van der Waals surface area contributed by atoms with E-state index in [2.05, 4.69) is 10.1 Å². The van der Waals surface area contributed by atoms with E-state index in [0.29, 0.717) is 13.1 Å². The molecule has 0 spiro atoms.